The van der Waals surface area contributed by atoms with Crippen molar-refractivity contribution in [2.75, 3.05) is 0 Å². The van der Waals surface area contributed by atoms with Crippen LogP contribution in [0.1, 0.15) is 96.8 Å². The van der Waals surface area contributed by atoms with Crippen LogP contribution in [-0.4, -0.2) is 11.2 Å². The van der Waals surface area contributed by atoms with Gasteiger partial charge in [0.15, 0.2) is 0 Å². The van der Waals surface area contributed by atoms with Gasteiger partial charge in [0.1, 0.15) is 0 Å². The van der Waals surface area contributed by atoms with Crippen molar-refractivity contribution in [1.82, 2.24) is 0 Å². The zero-order chi connectivity index (χ0) is 16.5. The second kappa shape index (κ2) is 7.68. The lowest BCUT2D eigenvalue weighted by Gasteiger charge is -2.47. The molecule has 0 bridgehead atoms. The van der Waals surface area contributed by atoms with Crippen LogP contribution in [0.5, 0.6) is 0 Å². The van der Waals surface area contributed by atoms with Crippen LogP contribution < -0.4 is 0 Å². The molecule has 0 aromatic carbocycles. The fourth-order valence-corrected chi connectivity index (χ4v) is 7.15. The number of aliphatic hydroxyl groups excluding tert-OH is 1. The molecule has 1 N–H and O–H groups in total. The third-order valence-electron chi connectivity index (χ3n) is 8.83. The summed E-state index contributed by atoms with van der Waals surface area (Å²) in [5.41, 5.74) is 0. The molecule has 4 atom stereocenters. The van der Waals surface area contributed by atoms with Gasteiger partial charge in [-0.1, -0.05) is 19.8 Å². The highest BCUT2D eigenvalue weighted by atomic mass is 16.3. The van der Waals surface area contributed by atoms with Gasteiger partial charge in [0.05, 0.1) is 6.10 Å². The van der Waals surface area contributed by atoms with Crippen molar-refractivity contribution in [2.24, 2.45) is 41.4 Å². The van der Waals surface area contributed by atoms with E-state index in [0.717, 1.165) is 54.3 Å². The lowest BCUT2D eigenvalue weighted by Crippen LogP contribution is -2.37. The van der Waals surface area contributed by atoms with Gasteiger partial charge in [-0.2, -0.15) is 0 Å². The Morgan fingerprint density at radius 3 is 1.25 bits per heavy atom. The summed E-state index contributed by atoms with van der Waals surface area (Å²) in [6.07, 6.45) is 20.2. The van der Waals surface area contributed by atoms with Crippen LogP contribution in [0.2, 0.25) is 0 Å². The summed E-state index contributed by atoms with van der Waals surface area (Å²) >= 11 is 0. The second-order valence-electron chi connectivity index (χ2n) is 10.3. The van der Waals surface area contributed by atoms with E-state index in [1.165, 1.54) is 51.4 Å². The van der Waals surface area contributed by atoms with E-state index < -0.39 is 0 Å². The average molecular weight is 333 g/mol. The molecule has 1 nitrogen and oxygen atoms in total. The summed E-state index contributed by atoms with van der Waals surface area (Å²) in [7, 11) is 0. The van der Waals surface area contributed by atoms with Crippen molar-refractivity contribution in [3.05, 3.63) is 0 Å². The van der Waals surface area contributed by atoms with Crippen molar-refractivity contribution in [1.29, 1.82) is 0 Å². The topological polar surface area (TPSA) is 20.2 Å². The highest BCUT2D eigenvalue weighted by molar-refractivity contribution is 4.91. The Balaban J connectivity index is 1.27. The van der Waals surface area contributed by atoms with Crippen LogP contribution in [0.3, 0.4) is 0 Å². The molecule has 24 heavy (non-hydrogen) atoms. The monoisotopic (exact) mass is 332 g/mol. The molecular formula is C23H40O. The molecule has 0 aromatic heterocycles. The summed E-state index contributed by atoms with van der Waals surface area (Å²) < 4.78 is 0. The van der Waals surface area contributed by atoms with Crippen molar-refractivity contribution in [2.45, 2.75) is 103 Å². The highest BCUT2D eigenvalue weighted by Gasteiger charge is 2.40. The minimum atomic E-state index is 0.0197. The van der Waals surface area contributed by atoms with Gasteiger partial charge >= 0.3 is 0 Å². The minimum absolute atomic E-state index is 0.0197. The van der Waals surface area contributed by atoms with Crippen LogP contribution in [0.25, 0.3) is 0 Å². The van der Waals surface area contributed by atoms with Crippen LogP contribution in [0.4, 0.5) is 0 Å². The quantitative estimate of drug-likeness (QED) is 0.638. The molecule has 138 valence electrons. The lowest BCUT2D eigenvalue weighted by atomic mass is 9.59. The number of aliphatic hydroxyl groups is 1. The molecule has 0 aromatic rings. The normalized spacial score (nSPS) is 50.2. The largest absolute Gasteiger partial charge is 0.393 e. The SMILES string of the molecule is CC1CCC(C2CCC3CC(C4CCC(O)CC4)CCC3C2)CC1. The van der Waals surface area contributed by atoms with Gasteiger partial charge in [0.2, 0.25) is 0 Å². The number of fused-ring (bicyclic) bond motifs is 1. The predicted molar refractivity (Wildman–Crippen MR) is 101 cm³/mol. The van der Waals surface area contributed by atoms with E-state index in [-0.39, 0.29) is 6.10 Å². The first-order chi connectivity index (χ1) is 11.7. The molecule has 0 heterocycles. The van der Waals surface area contributed by atoms with Gasteiger partial charge in [-0.25, -0.2) is 0 Å². The Morgan fingerprint density at radius 2 is 0.792 bits per heavy atom. The van der Waals surface area contributed by atoms with Gasteiger partial charge in [0.25, 0.3) is 0 Å². The summed E-state index contributed by atoms with van der Waals surface area (Å²) in [4.78, 5) is 0. The first-order valence-electron chi connectivity index (χ1n) is 11.4. The smallest absolute Gasteiger partial charge is 0.0540 e. The zero-order valence-corrected chi connectivity index (χ0v) is 16.0. The Labute approximate surface area is 150 Å². The van der Waals surface area contributed by atoms with E-state index in [9.17, 15) is 5.11 Å². The first kappa shape index (κ1) is 17.4. The molecule has 4 fully saturated rings. The van der Waals surface area contributed by atoms with Gasteiger partial charge in [-0.15, -0.1) is 0 Å². The summed E-state index contributed by atoms with van der Waals surface area (Å²) in [6.45, 7) is 2.46. The fraction of sp³-hybridized carbons (Fsp3) is 1.00. The van der Waals surface area contributed by atoms with E-state index >= 15 is 0 Å². The molecule has 4 saturated carbocycles. The van der Waals surface area contributed by atoms with E-state index in [1.807, 2.05) is 0 Å². The van der Waals surface area contributed by atoms with E-state index in [4.69, 9.17) is 0 Å². The van der Waals surface area contributed by atoms with E-state index in [2.05, 4.69) is 6.92 Å². The van der Waals surface area contributed by atoms with Crippen LogP contribution in [0, 0.1) is 41.4 Å². The molecule has 0 spiro atoms. The molecule has 4 aliphatic carbocycles. The third-order valence-corrected chi connectivity index (χ3v) is 8.83. The van der Waals surface area contributed by atoms with Gasteiger partial charge in [0, 0.05) is 0 Å². The molecule has 4 rings (SSSR count). The maximum Gasteiger partial charge on any atom is 0.0540 e. The number of rotatable bonds is 2. The van der Waals surface area contributed by atoms with Crippen LogP contribution >= 0.6 is 0 Å². The van der Waals surface area contributed by atoms with Gasteiger partial charge in [-0.05, 0) is 118 Å². The van der Waals surface area contributed by atoms with Crippen LogP contribution in [0.15, 0.2) is 0 Å². The first-order valence-corrected chi connectivity index (χ1v) is 11.4. The maximum atomic E-state index is 9.78. The number of hydrogen-bond donors (Lipinski definition) is 1. The summed E-state index contributed by atoms with van der Waals surface area (Å²) in [5, 5.41) is 9.78. The van der Waals surface area contributed by atoms with E-state index in [0.29, 0.717) is 0 Å². The molecule has 4 unspecified atom stereocenters. The Kier molecular flexibility index (Phi) is 5.56. The van der Waals surface area contributed by atoms with Crippen molar-refractivity contribution in [3.63, 3.8) is 0 Å². The van der Waals surface area contributed by atoms with E-state index in [1.54, 1.807) is 25.7 Å². The van der Waals surface area contributed by atoms with Crippen LogP contribution in [-0.2, 0) is 0 Å². The van der Waals surface area contributed by atoms with Crippen molar-refractivity contribution in [3.8, 4) is 0 Å². The second-order valence-corrected chi connectivity index (χ2v) is 10.3. The highest BCUT2D eigenvalue weighted by Crippen LogP contribution is 2.51. The van der Waals surface area contributed by atoms with Gasteiger partial charge in [-0.3, -0.25) is 0 Å². The summed E-state index contributed by atoms with van der Waals surface area (Å²) in [6, 6.07) is 0. The Morgan fingerprint density at radius 1 is 0.458 bits per heavy atom. The van der Waals surface area contributed by atoms with Gasteiger partial charge < -0.3 is 5.11 Å². The molecule has 1 heteroatoms. The molecule has 0 radical (unpaired) electrons. The summed E-state index contributed by atoms with van der Waals surface area (Å²) in [5.74, 6) is 7.27. The third kappa shape index (κ3) is 3.87. The molecule has 0 amide bonds. The Bertz CT molecular complexity index is 351. The minimum Gasteiger partial charge on any atom is -0.393 e. The fourth-order valence-electron chi connectivity index (χ4n) is 7.15. The average Bonchev–Trinajstić information content (AvgIpc) is 2.62. The number of hydrogen-bond acceptors (Lipinski definition) is 1. The molecule has 4 aliphatic rings. The standard InChI is InChI=1S/C23H40O/c1-16-2-4-17(5-3-16)19-6-8-22-15-20(7-9-21(22)14-19)18-10-12-23(24)13-11-18/h16-24H,2-15H2,1H3. The van der Waals surface area contributed by atoms with Crippen molar-refractivity contribution >= 4 is 0 Å². The maximum absolute atomic E-state index is 9.78. The zero-order valence-electron chi connectivity index (χ0n) is 16.0. The lowest BCUT2D eigenvalue weighted by molar-refractivity contribution is 0.0275. The predicted octanol–water partition coefficient (Wildman–Crippen LogP) is 6.20. The molecular weight excluding hydrogens is 292 g/mol. The molecule has 0 aliphatic heterocycles. The Hall–Kier alpha value is -0.0400. The van der Waals surface area contributed by atoms with Crippen molar-refractivity contribution < 1.29 is 5.11 Å². The molecule has 0 saturated heterocycles.